The van der Waals surface area contributed by atoms with Crippen molar-refractivity contribution in [1.82, 2.24) is 9.80 Å². The van der Waals surface area contributed by atoms with Gasteiger partial charge in [-0.25, -0.2) is 0 Å². The summed E-state index contributed by atoms with van der Waals surface area (Å²) in [6, 6.07) is 0. The van der Waals surface area contributed by atoms with Gasteiger partial charge in [0.25, 0.3) is 0 Å². The van der Waals surface area contributed by atoms with E-state index in [1.54, 1.807) is 0 Å². The number of unbranched alkanes of at least 4 members (excludes halogenated alkanes) is 8. The molecule has 4 heteroatoms. The summed E-state index contributed by atoms with van der Waals surface area (Å²) in [5, 5.41) is 0. The van der Waals surface area contributed by atoms with Gasteiger partial charge in [-0.3, -0.25) is 9.80 Å². The predicted molar refractivity (Wildman–Crippen MR) is 103 cm³/mol. The molecule has 0 amide bonds. The summed E-state index contributed by atoms with van der Waals surface area (Å²) in [6.07, 6.45) is 12.9. The summed E-state index contributed by atoms with van der Waals surface area (Å²) in [5.74, 6) is 0. The topological polar surface area (TPSA) is 6.48 Å². The van der Waals surface area contributed by atoms with Crippen molar-refractivity contribution < 1.29 is 21.5 Å². The summed E-state index contributed by atoms with van der Waals surface area (Å²) in [5.41, 5.74) is 0. The maximum absolute atomic E-state index is 2.51. The van der Waals surface area contributed by atoms with E-state index in [9.17, 15) is 0 Å². The van der Waals surface area contributed by atoms with Crippen LogP contribution in [0.15, 0.2) is 0 Å². The van der Waals surface area contributed by atoms with Crippen molar-refractivity contribution in [3.05, 3.63) is 0 Å². The third-order valence-electron chi connectivity index (χ3n) is 5.71. The van der Waals surface area contributed by atoms with Gasteiger partial charge in [0, 0.05) is 26.2 Å². The zero-order valence-electron chi connectivity index (χ0n) is 17.0. The maximum atomic E-state index is 2.51. The van der Waals surface area contributed by atoms with Gasteiger partial charge in [-0.2, -0.15) is 0 Å². The van der Waals surface area contributed by atoms with Crippen molar-refractivity contribution in [2.75, 3.05) is 67.0 Å². The molecule has 0 radical (unpaired) electrons. The Morgan fingerprint density at radius 1 is 0.667 bits per heavy atom. The second-order valence-electron chi connectivity index (χ2n) is 8.23. The third-order valence-corrected chi connectivity index (χ3v) is 5.71. The zero-order chi connectivity index (χ0) is 17.0. The third kappa shape index (κ3) is 11.8. The van der Waals surface area contributed by atoms with Crippen molar-refractivity contribution in [3.63, 3.8) is 0 Å². The fourth-order valence-corrected chi connectivity index (χ4v) is 3.53. The van der Waals surface area contributed by atoms with Crippen LogP contribution in [0.2, 0.25) is 0 Å². The van der Waals surface area contributed by atoms with E-state index in [-0.39, 0.29) is 17.0 Å². The minimum Gasteiger partial charge on any atom is -1.00 e. The van der Waals surface area contributed by atoms with Gasteiger partial charge in [0.15, 0.2) is 0 Å². The lowest BCUT2D eigenvalue weighted by Gasteiger charge is -2.35. The van der Waals surface area contributed by atoms with E-state index < -0.39 is 0 Å². The van der Waals surface area contributed by atoms with Crippen molar-refractivity contribution in [2.45, 2.75) is 64.7 Å². The molecule has 1 rings (SSSR count). The molecule has 24 heavy (non-hydrogen) atoms. The lowest BCUT2D eigenvalue weighted by Crippen LogP contribution is -3.00. The number of likely N-dealkylation sites (N-methyl/N-ethyl adjacent to an activating group) is 3. The van der Waals surface area contributed by atoms with Gasteiger partial charge in [-0.1, -0.05) is 51.9 Å². The molecule has 0 aromatic heterocycles. The van der Waals surface area contributed by atoms with Crippen LogP contribution in [0.25, 0.3) is 0 Å². The Morgan fingerprint density at radius 3 is 1.54 bits per heavy atom. The van der Waals surface area contributed by atoms with E-state index in [1.807, 2.05) is 0 Å². The minimum atomic E-state index is 0. The molecule has 3 nitrogen and oxygen atoms in total. The fourth-order valence-electron chi connectivity index (χ4n) is 3.53. The van der Waals surface area contributed by atoms with Crippen LogP contribution in [0.4, 0.5) is 0 Å². The van der Waals surface area contributed by atoms with Gasteiger partial charge in [0.2, 0.25) is 0 Å². The van der Waals surface area contributed by atoms with Crippen LogP contribution >= 0.6 is 0 Å². The molecule has 1 aliphatic heterocycles. The summed E-state index contributed by atoms with van der Waals surface area (Å²) < 4.78 is 1.27. The number of hydrogen-bond acceptors (Lipinski definition) is 2. The number of nitrogens with zero attached hydrogens (tertiary/aromatic N) is 3. The molecule has 1 saturated heterocycles. The van der Waals surface area contributed by atoms with Gasteiger partial charge in [-0.15, -0.1) is 0 Å². The van der Waals surface area contributed by atoms with Crippen LogP contribution in [0.5, 0.6) is 0 Å². The Labute approximate surface area is 163 Å². The molecule has 1 aliphatic rings. The quantitative estimate of drug-likeness (QED) is 0.392. The molecule has 0 spiro atoms. The maximum Gasteiger partial charge on any atom is 0.0914 e. The predicted octanol–water partition coefficient (Wildman–Crippen LogP) is 0.845. The highest BCUT2D eigenvalue weighted by molar-refractivity contribution is 4.61. The summed E-state index contributed by atoms with van der Waals surface area (Å²) in [4.78, 5) is 5.02. The summed E-state index contributed by atoms with van der Waals surface area (Å²) >= 11 is 0. The molecule has 0 unspecified atom stereocenters. The Morgan fingerprint density at radius 2 is 1.08 bits per heavy atom. The second-order valence-corrected chi connectivity index (χ2v) is 8.23. The van der Waals surface area contributed by atoms with E-state index in [0.717, 1.165) is 0 Å². The van der Waals surface area contributed by atoms with Crippen LogP contribution in [-0.2, 0) is 0 Å². The average Bonchev–Trinajstić information content (AvgIpc) is 2.60. The van der Waals surface area contributed by atoms with E-state index >= 15 is 0 Å². The Hall–Kier alpha value is 0.360. The van der Waals surface area contributed by atoms with E-state index in [1.165, 1.54) is 108 Å². The normalized spacial score (nSPS) is 20.0. The highest BCUT2D eigenvalue weighted by Crippen LogP contribution is 2.13. The van der Waals surface area contributed by atoms with Crippen molar-refractivity contribution >= 4 is 0 Å². The van der Waals surface area contributed by atoms with Crippen LogP contribution in [-0.4, -0.2) is 81.2 Å². The van der Waals surface area contributed by atoms with E-state index in [0.29, 0.717) is 0 Å². The van der Waals surface area contributed by atoms with Crippen LogP contribution in [0, 0.1) is 0 Å². The number of halogens is 1. The highest BCUT2D eigenvalue weighted by atomic mass is 79.9. The highest BCUT2D eigenvalue weighted by Gasteiger charge is 2.23. The van der Waals surface area contributed by atoms with Crippen molar-refractivity contribution in [1.29, 1.82) is 0 Å². The van der Waals surface area contributed by atoms with Gasteiger partial charge in [-0.05, 0) is 26.9 Å². The van der Waals surface area contributed by atoms with Crippen LogP contribution < -0.4 is 17.0 Å². The standard InChI is InChI=1S/C20H44N3.BrH/c1-5-6-7-8-9-10-11-12-13-18-23(4)19-16-21(2)14-15-22(3)17-20-23;/h5-20H2,1-4H3;1H/q+1;/p-1. The van der Waals surface area contributed by atoms with Gasteiger partial charge in [0.1, 0.15) is 0 Å². The molecule has 0 saturated carbocycles. The first-order chi connectivity index (χ1) is 11.1. The Balaban J connectivity index is 0.00000529. The van der Waals surface area contributed by atoms with Crippen molar-refractivity contribution in [2.24, 2.45) is 0 Å². The van der Waals surface area contributed by atoms with Crippen LogP contribution in [0.1, 0.15) is 64.7 Å². The molecular formula is C20H44BrN3. The zero-order valence-corrected chi connectivity index (χ0v) is 18.6. The van der Waals surface area contributed by atoms with E-state index in [2.05, 4.69) is 37.9 Å². The molecule has 0 bridgehead atoms. The van der Waals surface area contributed by atoms with Crippen LogP contribution in [0.3, 0.4) is 0 Å². The van der Waals surface area contributed by atoms with Crippen molar-refractivity contribution in [3.8, 4) is 0 Å². The molecular weight excluding hydrogens is 362 g/mol. The molecule has 0 aromatic rings. The molecule has 1 fully saturated rings. The molecule has 0 aliphatic carbocycles. The molecule has 1 heterocycles. The van der Waals surface area contributed by atoms with E-state index in [4.69, 9.17) is 0 Å². The summed E-state index contributed by atoms with van der Waals surface area (Å²) in [7, 11) is 7.04. The molecule has 0 atom stereocenters. The largest absolute Gasteiger partial charge is 1.00 e. The first kappa shape index (κ1) is 24.4. The lowest BCUT2D eigenvalue weighted by atomic mass is 10.1. The second kappa shape index (κ2) is 14.5. The number of hydrogen-bond donors (Lipinski definition) is 0. The number of quaternary nitrogens is 1. The SMILES string of the molecule is CCCCCCCCCCC[N+]1(C)CCN(C)CCN(C)CC1.[Br-]. The molecule has 0 aromatic carbocycles. The lowest BCUT2D eigenvalue weighted by molar-refractivity contribution is -0.908. The molecule has 146 valence electrons. The smallest absolute Gasteiger partial charge is 0.0914 e. The van der Waals surface area contributed by atoms with Gasteiger partial charge in [0.05, 0.1) is 26.7 Å². The molecule has 0 N–H and O–H groups in total. The Kier molecular flexibility index (Phi) is 14.7. The Bertz CT molecular complexity index is 272. The minimum absolute atomic E-state index is 0. The first-order valence-corrected chi connectivity index (χ1v) is 10.3. The monoisotopic (exact) mass is 405 g/mol. The average molecular weight is 406 g/mol. The van der Waals surface area contributed by atoms with Gasteiger partial charge < -0.3 is 21.5 Å². The number of rotatable bonds is 10. The first-order valence-electron chi connectivity index (χ1n) is 10.3. The fraction of sp³-hybridized carbons (Fsp3) is 1.00. The summed E-state index contributed by atoms with van der Waals surface area (Å²) in [6.45, 7) is 11.2. The van der Waals surface area contributed by atoms with Gasteiger partial charge >= 0.3 is 0 Å².